The van der Waals surface area contributed by atoms with Crippen LogP contribution in [-0.4, -0.2) is 6.54 Å². The van der Waals surface area contributed by atoms with Crippen LogP contribution in [-0.2, 0) is 6.54 Å². The van der Waals surface area contributed by atoms with Gasteiger partial charge in [-0.1, -0.05) is 19.1 Å². The molecule has 2 nitrogen and oxygen atoms in total. The summed E-state index contributed by atoms with van der Waals surface area (Å²) in [5.41, 5.74) is 7.83. The Kier molecular flexibility index (Phi) is 3.61. The molecule has 0 heterocycles. The highest BCUT2D eigenvalue weighted by Gasteiger charge is 1.90. The number of hydrogen-bond acceptors (Lipinski definition) is 2. The second-order valence-corrected chi connectivity index (χ2v) is 2.83. The highest BCUT2D eigenvalue weighted by Crippen LogP contribution is 2.08. The zero-order valence-corrected chi connectivity index (χ0v) is 7.51. The van der Waals surface area contributed by atoms with Crippen molar-refractivity contribution in [3.05, 3.63) is 29.8 Å². The van der Waals surface area contributed by atoms with Crippen LogP contribution in [0.3, 0.4) is 0 Å². The number of nitrogens with one attached hydrogen (secondary N) is 1. The zero-order chi connectivity index (χ0) is 8.81. The summed E-state index contributed by atoms with van der Waals surface area (Å²) in [6, 6.07) is 8.24. The third kappa shape index (κ3) is 2.55. The van der Waals surface area contributed by atoms with Gasteiger partial charge in [0, 0.05) is 18.8 Å². The molecule has 12 heavy (non-hydrogen) atoms. The van der Waals surface area contributed by atoms with Gasteiger partial charge in [0.05, 0.1) is 0 Å². The molecule has 1 aromatic rings. The van der Waals surface area contributed by atoms with Crippen molar-refractivity contribution in [2.45, 2.75) is 19.9 Å². The topological polar surface area (TPSA) is 38.0 Å². The molecular formula is C10H16N2. The van der Waals surface area contributed by atoms with Crippen LogP contribution in [0.15, 0.2) is 24.3 Å². The van der Waals surface area contributed by atoms with Crippen LogP contribution >= 0.6 is 0 Å². The van der Waals surface area contributed by atoms with Crippen molar-refractivity contribution in [1.29, 1.82) is 0 Å². The Bertz CT molecular complexity index is 216. The Morgan fingerprint density at radius 1 is 1.25 bits per heavy atom. The minimum atomic E-state index is 0.619. The van der Waals surface area contributed by atoms with Gasteiger partial charge in [0.2, 0.25) is 0 Å². The summed E-state index contributed by atoms with van der Waals surface area (Å²) >= 11 is 0. The Balaban J connectivity index is 2.53. The molecule has 0 bridgehead atoms. The second-order valence-electron chi connectivity index (χ2n) is 2.83. The molecule has 0 amide bonds. The molecule has 0 atom stereocenters. The van der Waals surface area contributed by atoms with Crippen LogP contribution in [0.4, 0.5) is 5.69 Å². The van der Waals surface area contributed by atoms with E-state index >= 15 is 0 Å². The van der Waals surface area contributed by atoms with Gasteiger partial charge in [-0.15, -0.1) is 0 Å². The Morgan fingerprint density at radius 3 is 2.42 bits per heavy atom. The molecule has 0 unspecified atom stereocenters. The molecule has 0 radical (unpaired) electrons. The molecule has 0 aliphatic carbocycles. The van der Waals surface area contributed by atoms with Gasteiger partial charge in [-0.25, -0.2) is 0 Å². The fourth-order valence-corrected chi connectivity index (χ4v) is 1.03. The van der Waals surface area contributed by atoms with Gasteiger partial charge in [-0.3, -0.25) is 0 Å². The summed E-state index contributed by atoms with van der Waals surface area (Å²) in [7, 11) is 0. The molecule has 3 N–H and O–H groups in total. The Hall–Kier alpha value is -1.02. The van der Waals surface area contributed by atoms with Crippen molar-refractivity contribution in [3.63, 3.8) is 0 Å². The standard InChI is InChI=1S/C10H16N2/c1-2-7-12-10-5-3-9(8-11)4-6-10/h3-6,12H,2,7-8,11H2,1H3. The quantitative estimate of drug-likeness (QED) is 0.714. The largest absolute Gasteiger partial charge is 0.385 e. The van der Waals surface area contributed by atoms with Gasteiger partial charge < -0.3 is 11.1 Å². The molecular weight excluding hydrogens is 148 g/mol. The monoisotopic (exact) mass is 164 g/mol. The lowest BCUT2D eigenvalue weighted by molar-refractivity contribution is 0.978. The Labute approximate surface area is 73.8 Å². The van der Waals surface area contributed by atoms with E-state index in [1.165, 1.54) is 11.3 Å². The maximum Gasteiger partial charge on any atom is 0.0340 e. The normalized spacial score (nSPS) is 9.83. The maximum absolute atomic E-state index is 5.48. The summed E-state index contributed by atoms with van der Waals surface area (Å²) in [6.45, 7) is 3.80. The molecule has 2 heteroatoms. The molecule has 1 rings (SSSR count). The molecule has 0 aromatic heterocycles. The third-order valence-electron chi connectivity index (χ3n) is 1.77. The predicted octanol–water partition coefficient (Wildman–Crippen LogP) is 1.97. The number of anilines is 1. The minimum absolute atomic E-state index is 0.619. The average molecular weight is 164 g/mol. The van der Waals surface area contributed by atoms with E-state index in [0.717, 1.165) is 13.0 Å². The lowest BCUT2D eigenvalue weighted by atomic mass is 10.2. The van der Waals surface area contributed by atoms with Crippen LogP contribution < -0.4 is 11.1 Å². The van der Waals surface area contributed by atoms with Crippen molar-refractivity contribution in [1.82, 2.24) is 0 Å². The van der Waals surface area contributed by atoms with Gasteiger partial charge in [0.15, 0.2) is 0 Å². The fourth-order valence-electron chi connectivity index (χ4n) is 1.03. The van der Waals surface area contributed by atoms with E-state index in [0.29, 0.717) is 6.54 Å². The summed E-state index contributed by atoms with van der Waals surface area (Å²) in [5.74, 6) is 0. The van der Waals surface area contributed by atoms with Crippen molar-refractivity contribution >= 4 is 5.69 Å². The molecule has 66 valence electrons. The Morgan fingerprint density at radius 2 is 1.92 bits per heavy atom. The van der Waals surface area contributed by atoms with Crippen molar-refractivity contribution in [2.75, 3.05) is 11.9 Å². The van der Waals surface area contributed by atoms with Crippen molar-refractivity contribution in [3.8, 4) is 0 Å². The predicted molar refractivity (Wildman–Crippen MR) is 53.1 cm³/mol. The molecule has 0 fully saturated rings. The van der Waals surface area contributed by atoms with Crippen LogP contribution in [0.5, 0.6) is 0 Å². The summed E-state index contributed by atoms with van der Waals surface area (Å²) in [6.07, 6.45) is 1.15. The first kappa shape index (κ1) is 9.07. The molecule has 1 aromatic carbocycles. The minimum Gasteiger partial charge on any atom is -0.385 e. The average Bonchev–Trinajstić information content (AvgIpc) is 2.15. The number of hydrogen-bond donors (Lipinski definition) is 2. The van der Waals surface area contributed by atoms with Crippen LogP contribution in [0.25, 0.3) is 0 Å². The van der Waals surface area contributed by atoms with Crippen LogP contribution in [0, 0.1) is 0 Å². The molecule has 0 saturated carbocycles. The van der Waals surface area contributed by atoms with Crippen molar-refractivity contribution < 1.29 is 0 Å². The molecule has 0 saturated heterocycles. The number of rotatable bonds is 4. The van der Waals surface area contributed by atoms with Gasteiger partial charge in [0.25, 0.3) is 0 Å². The van der Waals surface area contributed by atoms with E-state index in [1.807, 2.05) is 0 Å². The summed E-state index contributed by atoms with van der Waals surface area (Å²) < 4.78 is 0. The summed E-state index contributed by atoms with van der Waals surface area (Å²) in [4.78, 5) is 0. The van der Waals surface area contributed by atoms with Gasteiger partial charge in [-0.2, -0.15) is 0 Å². The van der Waals surface area contributed by atoms with E-state index in [1.54, 1.807) is 0 Å². The number of nitrogens with two attached hydrogens (primary N) is 1. The van der Waals surface area contributed by atoms with Crippen LogP contribution in [0.2, 0.25) is 0 Å². The first-order valence-electron chi connectivity index (χ1n) is 4.39. The van der Waals surface area contributed by atoms with E-state index < -0.39 is 0 Å². The van der Waals surface area contributed by atoms with Gasteiger partial charge in [0.1, 0.15) is 0 Å². The lowest BCUT2D eigenvalue weighted by Gasteiger charge is -2.04. The third-order valence-corrected chi connectivity index (χ3v) is 1.77. The molecule has 0 aliphatic heterocycles. The van der Waals surface area contributed by atoms with E-state index in [4.69, 9.17) is 5.73 Å². The first-order valence-corrected chi connectivity index (χ1v) is 4.39. The summed E-state index contributed by atoms with van der Waals surface area (Å²) in [5, 5.41) is 3.30. The van der Waals surface area contributed by atoms with Gasteiger partial charge >= 0.3 is 0 Å². The molecule has 0 spiro atoms. The van der Waals surface area contributed by atoms with Gasteiger partial charge in [-0.05, 0) is 24.1 Å². The first-order chi connectivity index (χ1) is 5.86. The second kappa shape index (κ2) is 4.78. The van der Waals surface area contributed by atoms with E-state index in [-0.39, 0.29) is 0 Å². The van der Waals surface area contributed by atoms with E-state index in [2.05, 4.69) is 36.5 Å². The lowest BCUT2D eigenvalue weighted by Crippen LogP contribution is -2.00. The zero-order valence-electron chi connectivity index (χ0n) is 7.51. The van der Waals surface area contributed by atoms with Crippen molar-refractivity contribution in [2.24, 2.45) is 5.73 Å². The highest BCUT2D eigenvalue weighted by molar-refractivity contribution is 5.44. The fraction of sp³-hybridized carbons (Fsp3) is 0.400. The maximum atomic E-state index is 5.48. The van der Waals surface area contributed by atoms with E-state index in [9.17, 15) is 0 Å². The SMILES string of the molecule is CCCNc1ccc(CN)cc1. The highest BCUT2D eigenvalue weighted by atomic mass is 14.9. The van der Waals surface area contributed by atoms with Crippen LogP contribution in [0.1, 0.15) is 18.9 Å². The number of benzene rings is 1. The molecule has 0 aliphatic rings. The smallest absolute Gasteiger partial charge is 0.0340 e.